The third kappa shape index (κ3) is 5.84. The zero-order valence-electron chi connectivity index (χ0n) is 17.0. The molecule has 1 aromatic carbocycles. The summed E-state index contributed by atoms with van der Waals surface area (Å²) in [6.07, 6.45) is 1.33. The highest BCUT2D eigenvalue weighted by Gasteiger charge is 2.29. The largest absolute Gasteiger partial charge is 0.444 e. The van der Waals surface area contributed by atoms with Crippen molar-refractivity contribution >= 4 is 17.9 Å². The fraction of sp³-hybridized carbons (Fsp3) is 0.476. The van der Waals surface area contributed by atoms with Crippen LogP contribution >= 0.6 is 0 Å². The van der Waals surface area contributed by atoms with Crippen molar-refractivity contribution in [1.82, 2.24) is 15.1 Å². The Kier molecular flexibility index (Phi) is 6.83. The monoisotopic (exact) mass is 387 g/mol. The van der Waals surface area contributed by atoms with Gasteiger partial charge in [0.2, 0.25) is 11.8 Å². The van der Waals surface area contributed by atoms with Crippen LogP contribution in [0, 0.1) is 0 Å². The molecule has 1 unspecified atom stereocenters. The van der Waals surface area contributed by atoms with Crippen LogP contribution in [0.5, 0.6) is 0 Å². The highest BCUT2D eigenvalue weighted by molar-refractivity contribution is 5.90. The topological polar surface area (TPSA) is 79.0 Å². The second-order valence-corrected chi connectivity index (χ2v) is 7.89. The Labute approximate surface area is 166 Å². The Morgan fingerprint density at radius 3 is 2.64 bits per heavy atom. The lowest BCUT2D eigenvalue weighted by Gasteiger charge is -2.28. The van der Waals surface area contributed by atoms with E-state index in [0.29, 0.717) is 19.5 Å². The molecule has 1 heterocycles. The third-order valence-corrected chi connectivity index (χ3v) is 4.45. The molecular weight excluding hydrogens is 358 g/mol. The van der Waals surface area contributed by atoms with Crippen molar-refractivity contribution in [2.45, 2.75) is 38.8 Å². The van der Waals surface area contributed by atoms with E-state index in [4.69, 9.17) is 4.74 Å². The fourth-order valence-electron chi connectivity index (χ4n) is 3.10. The Balaban J connectivity index is 2.18. The van der Waals surface area contributed by atoms with Crippen LogP contribution in [0.3, 0.4) is 0 Å². The van der Waals surface area contributed by atoms with Crippen molar-refractivity contribution in [3.8, 4) is 0 Å². The van der Waals surface area contributed by atoms with E-state index >= 15 is 0 Å². The van der Waals surface area contributed by atoms with Gasteiger partial charge in [-0.3, -0.25) is 9.59 Å². The van der Waals surface area contributed by atoms with Crippen molar-refractivity contribution in [2.75, 3.05) is 26.7 Å². The molecule has 7 nitrogen and oxygen atoms in total. The molecule has 3 amide bonds. The maximum absolute atomic E-state index is 12.7. The standard InChI is InChI=1S/C21H29N3O4/c1-6-18(25)23(5)14-19(26)24-12-11-15-9-7-8-10-16(15)17(13-24)22-20(27)28-21(2,3)4/h6-10,17H,1,11-14H2,2-5H3,(H,22,27). The Morgan fingerprint density at radius 1 is 1.32 bits per heavy atom. The number of likely N-dealkylation sites (N-methyl/N-ethyl adjacent to an activating group) is 1. The molecule has 0 aromatic heterocycles. The van der Waals surface area contributed by atoms with Crippen molar-refractivity contribution in [3.63, 3.8) is 0 Å². The first-order chi connectivity index (χ1) is 13.1. The number of ether oxygens (including phenoxy) is 1. The molecule has 7 heteroatoms. The molecule has 2 rings (SSSR count). The molecule has 0 bridgehead atoms. The second kappa shape index (κ2) is 8.91. The molecule has 1 N–H and O–H groups in total. The molecule has 1 aromatic rings. The summed E-state index contributed by atoms with van der Waals surface area (Å²) in [6, 6.07) is 7.42. The van der Waals surface area contributed by atoms with E-state index in [9.17, 15) is 14.4 Å². The van der Waals surface area contributed by atoms with Gasteiger partial charge in [0.05, 0.1) is 12.6 Å². The Bertz CT molecular complexity index is 754. The molecule has 0 spiro atoms. The quantitative estimate of drug-likeness (QED) is 0.804. The lowest BCUT2D eigenvalue weighted by atomic mass is 10.00. The minimum absolute atomic E-state index is 0.0413. The number of hydrogen-bond donors (Lipinski definition) is 1. The van der Waals surface area contributed by atoms with E-state index in [1.807, 2.05) is 24.3 Å². The zero-order chi connectivity index (χ0) is 20.9. The van der Waals surface area contributed by atoms with E-state index in [-0.39, 0.29) is 18.4 Å². The van der Waals surface area contributed by atoms with E-state index in [1.54, 1.807) is 32.7 Å². The van der Waals surface area contributed by atoms with Gasteiger partial charge in [-0.2, -0.15) is 0 Å². The normalized spacial score (nSPS) is 16.4. The summed E-state index contributed by atoms with van der Waals surface area (Å²) < 4.78 is 5.39. The SMILES string of the molecule is C=CC(=O)N(C)CC(=O)N1CCc2ccccc2C(NC(=O)OC(C)(C)C)C1. The average molecular weight is 387 g/mol. The molecule has 1 atom stereocenters. The first-order valence-electron chi connectivity index (χ1n) is 9.33. The van der Waals surface area contributed by atoms with Crippen LogP contribution in [0.4, 0.5) is 4.79 Å². The zero-order valence-corrected chi connectivity index (χ0v) is 17.0. The van der Waals surface area contributed by atoms with Crippen LogP contribution in [0.2, 0.25) is 0 Å². The first-order valence-corrected chi connectivity index (χ1v) is 9.33. The highest BCUT2D eigenvalue weighted by Crippen LogP contribution is 2.24. The lowest BCUT2D eigenvalue weighted by Crippen LogP contribution is -2.45. The predicted octanol–water partition coefficient (Wildman–Crippen LogP) is 2.28. The predicted molar refractivity (Wildman–Crippen MR) is 107 cm³/mol. The fourth-order valence-corrected chi connectivity index (χ4v) is 3.10. The summed E-state index contributed by atoms with van der Waals surface area (Å²) in [5.74, 6) is -0.489. The smallest absolute Gasteiger partial charge is 0.408 e. The van der Waals surface area contributed by atoms with Crippen LogP contribution < -0.4 is 5.32 Å². The summed E-state index contributed by atoms with van der Waals surface area (Å²) in [5, 5.41) is 2.89. The number of benzene rings is 1. The molecule has 0 aliphatic carbocycles. The van der Waals surface area contributed by atoms with Crippen LogP contribution in [0.25, 0.3) is 0 Å². The summed E-state index contributed by atoms with van der Waals surface area (Å²) >= 11 is 0. The molecular formula is C21H29N3O4. The molecule has 28 heavy (non-hydrogen) atoms. The van der Waals surface area contributed by atoms with Gasteiger partial charge in [-0.15, -0.1) is 0 Å². The number of hydrogen-bond acceptors (Lipinski definition) is 4. The van der Waals surface area contributed by atoms with E-state index < -0.39 is 17.7 Å². The molecule has 152 valence electrons. The Hall–Kier alpha value is -2.83. The molecule has 0 saturated heterocycles. The summed E-state index contributed by atoms with van der Waals surface area (Å²) in [6.45, 7) is 9.63. The van der Waals surface area contributed by atoms with Crippen LogP contribution in [-0.2, 0) is 20.7 Å². The van der Waals surface area contributed by atoms with Crippen molar-refractivity contribution in [3.05, 3.63) is 48.0 Å². The number of alkyl carbamates (subject to hydrolysis) is 1. The maximum atomic E-state index is 12.7. The van der Waals surface area contributed by atoms with E-state index in [1.165, 1.54) is 11.0 Å². The highest BCUT2D eigenvalue weighted by atomic mass is 16.6. The number of fused-ring (bicyclic) bond motifs is 1. The number of nitrogens with zero attached hydrogens (tertiary/aromatic N) is 2. The van der Waals surface area contributed by atoms with Gasteiger partial charge in [0.1, 0.15) is 5.60 Å². The molecule has 1 aliphatic rings. The van der Waals surface area contributed by atoms with Gasteiger partial charge in [-0.1, -0.05) is 30.8 Å². The van der Waals surface area contributed by atoms with Gasteiger partial charge >= 0.3 is 6.09 Å². The van der Waals surface area contributed by atoms with Crippen LogP contribution in [-0.4, -0.2) is 60.0 Å². The van der Waals surface area contributed by atoms with E-state index in [0.717, 1.165) is 11.1 Å². The van der Waals surface area contributed by atoms with Crippen molar-refractivity contribution < 1.29 is 19.1 Å². The Morgan fingerprint density at radius 2 is 2.00 bits per heavy atom. The van der Waals surface area contributed by atoms with Gasteiger partial charge in [0.15, 0.2) is 0 Å². The summed E-state index contributed by atoms with van der Waals surface area (Å²) in [4.78, 5) is 39.8. The summed E-state index contributed by atoms with van der Waals surface area (Å²) in [7, 11) is 1.56. The van der Waals surface area contributed by atoms with Crippen LogP contribution in [0.15, 0.2) is 36.9 Å². The molecule has 0 radical (unpaired) electrons. The number of carbonyl (C=O) groups is 3. The van der Waals surface area contributed by atoms with Gasteiger partial charge in [-0.25, -0.2) is 4.79 Å². The lowest BCUT2D eigenvalue weighted by molar-refractivity contribution is -0.137. The number of rotatable bonds is 4. The molecule has 1 aliphatic heterocycles. The van der Waals surface area contributed by atoms with Crippen molar-refractivity contribution in [2.24, 2.45) is 0 Å². The van der Waals surface area contributed by atoms with Gasteiger partial charge < -0.3 is 19.9 Å². The minimum Gasteiger partial charge on any atom is -0.444 e. The number of nitrogens with one attached hydrogen (secondary N) is 1. The number of carbonyl (C=O) groups excluding carboxylic acids is 3. The minimum atomic E-state index is -0.613. The first kappa shape index (κ1) is 21.5. The maximum Gasteiger partial charge on any atom is 0.408 e. The molecule has 0 saturated carbocycles. The third-order valence-electron chi connectivity index (χ3n) is 4.45. The summed E-state index contributed by atoms with van der Waals surface area (Å²) in [5.41, 5.74) is 1.44. The van der Waals surface area contributed by atoms with E-state index in [2.05, 4.69) is 11.9 Å². The van der Waals surface area contributed by atoms with Gasteiger partial charge in [0, 0.05) is 20.1 Å². The van der Waals surface area contributed by atoms with Gasteiger partial charge in [-0.05, 0) is 44.4 Å². The van der Waals surface area contributed by atoms with Crippen LogP contribution in [0.1, 0.15) is 37.9 Å². The molecule has 0 fully saturated rings. The average Bonchev–Trinajstić information content (AvgIpc) is 2.79. The van der Waals surface area contributed by atoms with Gasteiger partial charge in [0.25, 0.3) is 0 Å². The second-order valence-electron chi connectivity index (χ2n) is 7.89. The van der Waals surface area contributed by atoms with Crippen molar-refractivity contribution in [1.29, 1.82) is 0 Å². The number of amides is 3.